The number of nitrogens with one attached hydrogen (secondary N) is 1. The number of aliphatic hydroxyl groups is 1. The first-order valence-corrected chi connectivity index (χ1v) is 6.90. The number of benzene rings is 1. The van der Waals surface area contributed by atoms with Crippen molar-refractivity contribution in [2.75, 3.05) is 13.2 Å². The molecule has 6 heteroatoms. The molecular formula is C11H16FNO3S. The predicted molar refractivity (Wildman–Crippen MR) is 62.5 cm³/mol. The maximum Gasteiger partial charge on any atom is 0.240 e. The molecule has 1 aromatic carbocycles. The van der Waals surface area contributed by atoms with Crippen molar-refractivity contribution in [1.29, 1.82) is 0 Å². The molecule has 0 saturated heterocycles. The summed E-state index contributed by atoms with van der Waals surface area (Å²) in [6, 6.07) is 4.88. The lowest BCUT2D eigenvalue weighted by atomic mass is 10.2. The number of sulfonamides is 1. The van der Waals surface area contributed by atoms with Crippen LogP contribution in [0.4, 0.5) is 4.39 Å². The van der Waals surface area contributed by atoms with Crippen molar-refractivity contribution in [2.45, 2.75) is 24.2 Å². The van der Waals surface area contributed by atoms with E-state index in [1.165, 1.54) is 18.2 Å². The highest BCUT2D eigenvalue weighted by atomic mass is 32.2. The fourth-order valence-corrected chi connectivity index (χ4v) is 2.44. The molecule has 0 saturated carbocycles. The summed E-state index contributed by atoms with van der Waals surface area (Å²) in [6.07, 6.45) is 2.05. The normalized spacial score (nSPS) is 11.6. The Balaban J connectivity index is 2.51. The van der Waals surface area contributed by atoms with E-state index in [9.17, 15) is 12.8 Å². The molecular weight excluding hydrogens is 245 g/mol. The van der Waals surface area contributed by atoms with Gasteiger partial charge in [0.15, 0.2) is 0 Å². The van der Waals surface area contributed by atoms with Crippen LogP contribution >= 0.6 is 0 Å². The smallest absolute Gasteiger partial charge is 0.240 e. The highest BCUT2D eigenvalue weighted by Gasteiger charge is 2.13. The van der Waals surface area contributed by atoms with E-state index in [-0.39, 0.29) is 11.5 Å². The summed E-state index contributed by atoms with van der Waals surface area (Å²) in [7, 11) is -3.62. The molecule has 1 rings (SSSR count). The second kappa shape index (κ2) is 6.68. The van der Waals surface area contributed by atoms with Gasteiger partial charge >= 0.3 is 0 Å². The zero-order chi connectivity index (χ0) is 12.7. The molecule has 0 aliphatic heterocycles. The van der Waals surface area contributed by atoms with Crippen molar-refractivity contribution in [3.63, 3.8) is 0 Å². The third-order valence-corrected chi connectivity index (χ3v) is 3.69. The van der Waals surface area contributed by atoms with Gasteiger partial charge in [0.05, 0.1) is 4.90 Å². The topological polar surface area (TPSA) is 66.4 Å². The molecule has 0 unspecified atom stereocenters. The van der Waals surface area contributed by atoms with Crippen LogP contribution in [0.15, 0.2) is 29.2 Å². The minimum atomic E-state index is -3.62. The van der Waals surface area contributed by atoms with Gasteiger partial charge in [-0.3, -0.25) is 0 Å². The molecule has 4 nitrogen and oxygen atoms in total. The summed E-state index contributed by atoms with van der Waals surface area (Å²) in [5, 5.41) is 8.55. The first-order chi connectivity index (χ1) is 8.06. The van der Waals surface area contributed by atoms with Crippen LogP contribution in [0, 0.1) is 5.82 Å². The van der Waals surface area contributed by atoms with Crippen LogP contribution in [0.5, 0.6) is 0 Å². The average molecular weight is 261 g/mol. The minimum Gasteiger partial charge on any atom is -0.396 e. The SMILES string of the molecule is O=S(=O)(NCCCCCO)c1cccc(F)c1. The summed E-state index contributed by atoms with van der Waals surface area (Å²) in [6.45, 7) is 0.398. The molecule has 0 bridgehead atoms. The number of unbranched alkanes of at least 4 members (excludes halogenated alkanes) is 2. The van der Waals surface area contributed by atoms with E-state index < -0.39 is 15.8 Å². The number of aliphatic hydroxyl groups excluding tert-OH is 1. The van der Waals surface area contributed by atoms with Gasteiger partial charge in [0, 0.05) is 13.2 Å². The van der Waals surface area contributed by atoms with Crippen LogP contribution in [0.1, 0.15) is 19.3 Å². The first kappa shape index (κ1) is 14.1. The number of hydrogen-bond donors (Lipinski definition) is 2. The Kier molecular flexibility index (Phi) is 5.54. The lowest BCUT2D eigenvalue weighted by Crippen LogP contribution is -2.24. The van der Waals surface area contributed by atoms with Gasteiger partial charge in [-0.1, -0.05) is 6.07 Å². The van der Waals surface area contributed by atoms with Gasteiger partial charge in [0.2, 0.25) is 10.0 Å². The van der Waals surface area contributed by atoms with E-state index >= 15 is 0 Å². The fourth-order valence-electron chi connectivity index (χ4n) is 1.34. The fraction of sp³-hybridized carbons (Fsp3) is 0.455. The molecule has 0 atom stereocenters. The van der Waals surface area contributed by atoms with Gasteiger partial charge in [-0.25, -0.2) is 17.5 Å². The Labute approximate surface area is 101 Å². The Hall–Kier alpha value is -0.980. The minimum absolute atomic E-state index is 0.0698. The van der Waals surface area contributed by atoms with Crippen molar-refractivity contribution in [1.82, 2.24) is 4.72 Å². The quantitative estimate of drug-likeness (QED) is 0.726. The number of hydrogen-bond acceptors (Lipinski definition) is 3. The van der Waals surface area contributed by atoms with Gasteiger partial charge in [0.25, 0.3) is 0 Å². The van der Waals surface area contributed by atoms with Crippen molar-refractivity contribution in [3.05, 3.63) is 30.1 Å². The van der Waals surface area contributed by atoms with Crippen LogP contribution in [-0.2, 0) is 10.0 Å². The van der Waals surface area contributed by atoms with Crippen LogP contribution in [0.3, 0.4) is 0 Å². The molecule has 0 fully saturated rings. The van der Waals surface area contributed by atoms with Gasteiger partial charge in [-0.05, 0) is 37.5 Å². The summed E-state index contributed by atoms with van der Waals surface area (Å²) < 4.78 is 38.6. The molecule has 0 spiro atoms. The van der Waals surface area contributed by atoms with E-state index in [1.807, 2.05) is 0 Å². The zero-order valence-electron chi connectivity index (χ0n) is 9.39. The van der Waals surface area contributed by atoms with E-state index in [0.29, 0.717) is 19.4 Å². The van der Waals surface area contributed by atoms with Crippen molar-refractivity contribution < 1.29 is 17.9 Å². The molecule has 0 radical (unpaired) electrons. The lowest BCUT2D eigenvalue weighted by Gasteiger charge is -2.06. The molecule has 96 valence electrons. The van der Waals surface area contributed by atoms with Crippen LogP contribution in [0.2, 0.25) is 0 Å². The third kappa shape index (κ3) is 4.80. The Morgan fingerprint density at radius 1 is 1.24 bits per heavy atom. The second-order valence-corrected chi connectivity index (χ2v) is 5.41. The summed E-state index contributed by atoms with van der Waals surface area (Å²) in [5.41, 5.74) is 0. The van der Waals surface area contributed by atoms with E-state index in [1.54, 1.807) is 0 Å². The highest BCUT2D eigenvalue weighted by Crippen LogP contribution is 2.10. The summed E-state index contributed by atoms with van der Waals surface area (Å²) in [4.78, 5) is -0.0698. The Morgan fingerprint density at radius 3 is 2.65 bits per heavy atom. The maximum absolute atomic E-state index is 12.9. The zero-order valence-corrected chi connectivity index (χ0v) is 10.2. The number of rotatable bonds is 7. The van der Waals surface area contributed by atoms with Crippen LogP contribution in [0.25, 0.3) is 0 Å². The van der Waals surface area contributed by atoms with Crippen molar-refractivity contribution in [3.8, 4) is 0 Å². The van der Waals surface area contributed by atoms with Gasteiger partial charge in [-0.15, -0.1) is 0 Å². The largest absolute Gasteiger partial charge is 0.396 e. The summed E-state index contributed by atoms with van der Waals surface area (Å²) in [5.74, 6) is -0.576. The Bertz CT molecular complexity index is 448. The maximum atomic E-state index is 12.9. The van der Waals surface area contributed by atoms with Gasteiger partial charge in [0.1, 0.15) is 5.82 Å². The van der Waals surface area contributed by atoms with E-state index in [2.05, 4.69) is 4.72 Å². The van der Waals surface area contributed by atoms with Crippen LogP contribution in [-0.4, -0.2) is 26.7 Å². The monoisotopic (exact) mass is 261 g/mol. The molecule has 0 aliphatic carbocycles. The summed E-state index contributed by atoms with van der Waals surface area (Å²) >= 11 is 0. The second-order valence-electron chi connectivity index (χ2n) is 3.64. The Morgan fingerprint density at radius 2 is 2.00 bits per heavy atom. The predicted octanol–water partition coefficient (Wildman–Crippen LogP) is 1.27. The molecule has 0 aromatic heterocycles. The molecule has 0 amide bonds. The van der Waals surface area contributed by atoms with Crippen LogP contribution < -0.4 is 4.72 Å². The molecule has 1 aromatic rings. The van der Waals surface area contributed by atoms with Crippen molar-refractivity contribution in [2.24, 2.45) is 0 Å². The third-order valence-electron chi connectivity index (χ3n) is 2.23. The molecule has 2 N–H and O–H groups in total. The average Bonchev–Trinajstić information content (AvgIpc) is 2.29. The van der Waals surface area contributed by atoms with E-state index in [0.717, 1.165) is 12.5 Å². The first-order valence-electron chi connectivity index (χ1n) is 5.42. The highest BCUT2D eigenvalue weighted by molar-refractivity contribution is 7.89. The molecule has 0 aliphatic rings. The van der Waals surface area contributed by atoms with Gasteiger partial charge < -0.3 is 5.11 Å². The lowest BCUT2D eigenvalue weighted by molar-refractivity contribution is 0.283. The molecule has 0 heterocycles. The van der Waals surface area contributed by atoms with Crippen molar-refractivity contribution >= 4 is 10.0 Å². The standard InChI is InChI=1S/C11H16FNO3S/c12-10-5-4-6-11(9-10)17(15,16)13-7-2-1-3-8-14/h4-6,9,13-14H,1-3,7-8H2. The van der Waals surface area contributed by atoms with Gasteiger partial charge in [-0.2, -0.15) is 0 Å². The molecule has 17 heavy (non-hydrogen) atoms. The van der Waals surface area contributed by atoms with E-state index in [4.69, 9.17) is 5.11 Å². The number of halogens is 1.